The van der Waals surface area contributed by atoms with E-state index in [0.29, 0.717) is 136 Å². The van der Waals surface area contributed by atoms with Crippen LogP contribution in [0.4, 0.5) is 80.9 Å². The van der Waals surface area contributed by atoms with E-state index < -0.39 is 65.6 Å². The number of nitrogens with zero attached hydrogens (tertiary/aromatic N) is 6. The number of rotatable bonds is 16. The minimum atomic E-state index is -4.78. The number of benzene rings is 2. The number of ketones is 1. The van der Waals surface area contributed by atoms with Crippen LogP contribution in [0.3, 0.4) is 0 Å². The molecule has 0 radical (unpaired) electrons. The predicted molar refractivity (Wildman–Crippen MR) is 410 cm³/mol. The van der Waals surface area contributed by atoms with Crippen LogP contribution in [-0.4, -0.2) is 145 Å². The largest absolute Gasteiger partial charge is 0.573 e. The number of carbonyl (C=O) groups is 6. The fraction of sp³-hybridized carbons (Fsp3) is 0.620. The first-order valence-corrected chi connectivity index (χ1v) is 38.5. The molecule has 39 heteroatoms. The van der Waals surface area contributed by atoms with Gasteiger partial charge in [0.15, 0.2) is 11.3 Å². The van der Waals surface area contributed by atoms with Crippen molar-refractivity contribution in [3.05, 3.63) is 90.3 Å². The first kappa shape index (κ1) is 104. The third-order valence-electron chi connectivity index (χ3n) is 19.2. The highest BCUT2D eigenvalue weighted by molar-refractivity contribution is 6.61. The van der Waals surface area contributed by atoms with E-state index in [0.717, 1.165) is 0 Å². The van der Waals surface area contributed by atoms with Gasteiger partial charge in [-0.3, -0.25) is 24.0 Å². The second-order valence-corrected chi connectivity index (χ2v) is 29.7. The standard InChI is InChI=1S/C20H19F5N4O.C13H7ClF3N3O.C9H14F2O2.C9H14O3.C7H11F2NO.C7H13F2N.C7H10F2O2.C5H9ClO2.2CH4/c21-19(22)8-6-13(7-9-19)11-26-17-4-5-18-27-12-16(29(18)28-17)14-2-1-3-15(10-14)30-20(23,24)25;14-11-4-5-12-18-7-10(20(12)19-11)8-2-1-3-9(6-8)21-13(15,16)17;1-2-13-8(12)7-3-5-9(10,11)6-4-7;1-2-12-9(11)7-3-5-8(10)6-4-7;8-7(9)3-1-5(2-4-7)6(10)11;8-7(9)3-1-6(5-10)2-4-7;8-7(9)3-1-5(2-4-7)6(10)11;1-4(2)3-8-5(6)7;;/h1-5,10,12-13H,6-9,11H2,(H,26,28);1-7H;7H,2-6H2,1H3;7H,2-6H2,1H3;5H,1-4H2,(H2,10,11);6H,1-5,10H2;5H,1-4H2,(H,10,11);4H,3H2,1-2H3;2*1H4. The Hall–Kier alpha value is -8.48. The van der Waals surface area contributed by atoms with E-state index in [1.165, 1.54) is 57.8 Å². The van der Waals surface area contributed by atoms with Gasteiger partial charge < -0.3 is 45.6 Å². The summed E-state index contributed by atoms with van der Waals surface area (Å²) in [7, 11) is 0. The summed E-state index contributed by atoms with van der Waals surface area (Å²) in [6.45, 7) is 9.65. The minimum absolute atomic E-state index is 0. The number of ether oxygens (including phenoxy) is 5. The molecule has 6 aromatic rings. The first-order chi connectivity index (χ1) is 54.2. The second kappa shape index (κ2) is 48.1. The molecule has 21 nitrogen and oxygen atoms in total. The quantitative estimate of drug-likeness (QED) is 0.0303. The first-order valence-electron chi connectivity index (χ1n) is 37.8. The molecule has 4 heterocycles. The monoisotopic (exact) mass is 1750 g/mol. The van der Waals surface area contributed by atoms with Gasteiger partial charge in [0.25, 0.3) is 0 Å². The van der Waals surface area contributed by atoms with E-state index in [4.69, 9.17) is 49.2 Å². The zero-order valence-corrected chi connectivity index (χ0v) is 65.7. The number of imidazole rings is 2. The zero-order chi connectivity index (χ0) is 86.4. The molecule has 6 fully saturated rings. The van der Waals surface area contributed by atoms with Crippen LogP contribution in [0, 0.1) is 41.4 Å². The topological polar surface area (TPSA) is 293 Å². The van der Waals surface area contributed by atoms with E-state index in [-0.39, 0.29) is 176 Å². The number of aliphatic carboxylic acids is 1. The summed E-state index contributed by atoms with van der Waals surface area (Å²) in [5.74, 6) is -14.8. The van der Waals surface area contributed by atoms with Crippen molar-refractivity contribution >= 4 is 75.3 Å². The van der Waals surface area contributed by atoms with Crippen molar-refractivity contribution in [2.45, 2.75) is 239 Å². The lowest BCUT2D eigenvalue weighted by molar-refractivity contribution is -0.275. The molecule has 2 aromatic carbocycles. The van der Waals surface area contributed by atoms with Crippen molar-refractivity contribution in [2.24, 2.45) is 52.9 Å². The van der Waals surface area contributed by atoms with Crippen LogP contribution in [0.5, 0.6) is 11.5 Å². The van der Waals surface area contributed by atoms with Crippen LogP contribution in [0.1, 0.15) is 197 Å². The number of anilines is 1. The molecule has 6 N–H and O–H groups in total. The molecule has 6 saturated carbocycles. The smallest absolute Gasteiger partial charge is 0.481 e. The van der Waals surface area contributed by atoms with Crippen molar-refractivity contribution in [1.29, 1.82) is 0 Å². The summed E-state index contributed by atoms with van der Waals surface area (Å²) < 4.78 is 226. The Morgan fingerprint density at radius 1 is 0.542 bits per heavy atom. The number of amides is 1. The summed E-state index contributed by atoms with van der Waals surface area (Å²) >= 11 is 10.7. The summed E-state index contributed by atoms with van der Waals surface area (Å²) in [6, 6.07) is 17.8. The number of hydrogen-bond acceptors (Lipinski definition) is 17. The van der Waals surface area contributed by atoms with Crippen molar-refractivity contribution in [3.8, 4) is 34.0 Å². The van der Waals surface area contributed by atoms with Crippen LogP contribution >= 0.6 is 23.2 Å². The summed E-state index contributed by atoms with van der Waals surface area (Å²) in [4.78, 5) is 72.3. The molecule has 0 atom stereocenters. The van der Waals surface area contributed by atoms with Gasteiger partial charge in [0, 0.05) is 112 Å². The number of hydrogen-bond donors (Lipinski definition) is 4. The Balaban J connectivity index is 0.000000363. The molecule has 4 aromatic heterocycles. The number of Topliss-reactive ketones (excluding diaryl/α,β-unsaturated/α-hetero) is 1. The number of primary amides is 1. The molecule has 0 unspecified atom stereocenters. The lowest BCUT2D eigenvalue weighted by Crippen LogP contribution is -2.32. The van der Waals surface area contributed by atoms with Gasteiger partial charge in [0.1, 0.15) is 28.3 Å². The van der Waals surface area contributed by atoms with E-state index >= 15 is 0 Å². The highest BCUT2D eigenvalue weighted by Gasteiger charge is 2.41. The molecule has 0 aliphatic heterocycles. The maximum atomic E-state index is 13.3. The lowest BCUT2D eigenvalue weighted by Gasteiger charge is -2.28. The van der Waals surface area contributed by atoms with Gasteiger partial charge in [-0.25, -0.2) is 67.7 Å². The maximum absolute atomic E-state index is 13.3. The van der Waals surface area contributed by atoms with Crippen molar-refractivity contribution in [3.63, 3.8) is 0 Å². The molecule has 0 saturated heterocycles. The molecule has 664 valence electrons. The number of aromatic nitrogens is 6. The third kappa shape index (κ3) is 38.7. The molecular weight excluding hydrogens is 1640 g/mol. The van der Waals surface area contributed by atoms with Gasteiger partial charge in [-0.05, 0) is 164 Å². The Labute approximate surface area is 684 Å². The number of fused-ring (bicyclic) bond motifs is 2. The normalized spacial score (nSPS) is 18.5. The number of carbonyl (C=O) groups excluding carboxylic acids is 5. The van der Waals surface area contributed by atoms with Crippen LogP contribution in [0.25, 0.3) is 33.8 Å². The minimum Gasteiger partial charge on any atom is -0.481 e. The fourth-order valence-corrected chi connectivity index (χ4v) is 12.8. The van der Waals surface area contributed by atoms with Crippen LogP contribution in [-0.2, 0) is 38.2 Å². The molecule has 1 amide bonds. The average molecular weight is 1750 g/mol. The molecule has 6 aliphatic carbocycles. The Morgan fingerprint density at radius 3 is 1.28 bits per heavy atom. The predicted octanol–water partition coefficient (Wildman–Crippen LogP) is 21.4. The summed E-state index contributed by atoms with van der Waals surface area (Å²) in [5, 5.41) is 20.4. The van der Waals surface area contributed by atoms with E-state index in [1.54, 1.807) is 50.2 Å². The highest BCUT2D eigenvalue weighted by Crippen LogP contribution is 2.41. The Kier molecular flexibility index (Phi) is 42.3. The van der Waals surface area contributed by atoms with Crippen LogP contribution in [0.2, 0.25) is 5.15 Å². The van der Waals surface area contributed by atoms with Gasteiger partial charge in [-0.2, -0.15) is 5.10 Å². The number of nitrogens with one attached hydrogen (secondary N) is 1. The van der Waals surface area contributed by atoms with E-state index in [9.17, 15) is 99.0 Å². The highest BCUT2D eigenvalue weighted by atomic mass is 35.5. The van der Waals surface area contributed by atoms with Gasteiger partial charge in [-0.15, -0.1) is 31.4 Å². The number of carboxylic acids is 1. The summed E-state index contributed by atoms with van der Waals surface area (Å²) in [6.07, 6.45) is -2.17. The Morgan fingerprint density at radius 2 is 0.915 bits per heavy atom. The summed E-state index contributed by atoms with van der Waals surface area (Å²) in [5.41, 5.74) is 12.6. The number of halogens is 18. The van der Waals surface area contributed by atoms with Crippen molar-refractivity contribution < 1.29 is 128 Å². The third-order valence-corrected chi connectivity index (χ3v) is 19.5. The van der Waals surface area contributed by atoms with Crippen molar-refractivity contribution in [2.75, 3.05) is 38.2 Å². The molecule has 118 heavy (non-hydrogen) atoms. The number of nitrogens with two attached hydrogens (primary N) is 2. The van der Waals surface area contributed by atoms with Gasteiger partial charge in [0.05, 0.1) is 61.4 Å². The Bertz CT molecular complexity index is 4000. The number of alkyl halides is 16. The fourth-order valence-electron chi connectivity index (χ4n) is 12.6. The van der Waals surface area contributed by atoms with Gasteiger partial charge in [0.2, 0.25) is 35.5 Å². The molecule has 0 bridgehead atoms. The van der Waals surface area contributed by atoms with Crippen LogP contribution < -0.4 is 26.3 Å². The van der Waals surface area contributed by atoms with Gasteiger partial charge >= 0.3 is 36.1 Å². The maximum Gasteiger partial charge on any atom is 0.573 e. The number of esters is 2. The molecular formula is C79H105Cl2F16N9O12. The average Bonchev–Trinajstić information content (AvgIpc) is 1.65. The zero-order valence-electron chi connectivity index (χ0n) is 64.2. The number of carboxylic acid groups (broad SMARTS) is 1. The molecule has 0 spiro atoms. The van der Waals surface area contributed by atoms with E-state index in [2.05, 4.69) is 39.7 Å². The van der Waals surface area contributed by atoms with Gasteiger partial charge in [-0.1, -0.05) is 64.6 Å². The molecule has 12 rings (SSSR count). The lowest BCUT2D eigenvalue weighted by atomic mass is 9.86. The van der Waals surface area contributed by atoms with Crippen molar-refractivity contribution in [1.82, 2.24) is 29.2 Å². The second-order valence-electron chi connectivity index (χ2n) is 29.0. The van der Waals surface area contributed by atoms with E-state index in [1.807, 2.05) is 13.8 Å². The SMILES string of the molecule is C.C.CC(C)COC(=O)Cl.CCOC(=O)C1CCC(=O)CC1.CCOC(=O)C1CCC(F)(F)CC1.FC(F)(F)Oc1cccc(-c2cnc3ccc(Cl)nn23)c1.FC1(F)CCC(CNc2ccc3ncc(-c4cccc(OC(F)(F)F)c4)n3n2)CC1.NC(=O)C1CCC(F)(F)CC1.NCC1CCC(F)(F)CC1.O=C(O)C1CCC(F)(F)CC1. The van der Waals surface area contributed by atoms with Crippen LogP contribution in [0.15, 0.2) is 85.2 Å². The molecule has 6 aliphatic rings.